The highest BCUT2D eigenvalue weighted by Gasteiger charge is 2.17. The number of nitrogens with one attached hydrogen (secondary N) is 3. The molecular weight excluding hydrogens is 574 g/mol. The van der Waals surface area contributed by atoms with Gasteiger partial charge in [0.05, 0.1) is 0 Å². The molecule has 0 unspecified atom stereocenters. The smallest absolute Gasteiger partial charge is 0.407 e. The first-order chi connectivity index (χ1) is 21.0. The quantitative estimate of drug-likeness (QED) is 0.0995. The van der Waals surface area contributed by atoms with E-state index in [-0.39, 0.29) is 12.5 Å². The molecule has 10 heteroatoms. The summed E-state index contributed by atoms with van der Waals surface area (Å²) in [6, 6.07) is 13.2. The number of aryl methyl sites for hydroxylation is 2. The van der Waals surface area contributed by atoms with Crippen LogP contribution < -0.4 is 16.0 Å². The van der Waals surface area contributed by atoms with Gasteiger partial charge < -0.3 is 30.2 Å². The molecule has 0 radical (unpaired) electrons. The molecule has 0 saturated carbocycles. The standard InChI is InChI=1S/C35H49N3O7/c1-24(2)31(40)43-23-26-15-13-25(14-16-26)22-38-30(39)29-20-27(11-9-17-36-32(41)44-34(3,4)5)19-28(21-29)12-10-18-37-33(42)45-35(6,7)8/h13-16,19-21H,1,9-12,17-18,22-23H2,2-8H3,(H,36,41)(H,37,42)(H,38,39). The molecule has 0 aromatic heterocycles. The van der Waals surface area contributed by atoms with Crippen LogP contribution in [0.1, 0.15) is 93.9 Å². The zero-order valence-corrected chi connectivity index (χ0v) is 27.8. The van der Waals surface area contributed by atoms with E-state index in [4.69, 9.17) is 14.2 Å². The summed E-state index contributed by atoms with van der Waals surface area (Å²) in [5.41, 5.74) is 3.41. The van der Waals surface area contributed by atoms with Crippen LogP contribution in [-0.2, 0) is 45.0 Å². The highest BCUT2D eigenvalue weighted by molar-refractivity contribution is 5.94. The van der Waals surface area contributed by atoms with Gasteiger partial charge in [0.25, 0.3) is 5.91 Å². The molecule has 45 heavy (non-hydrogen) atoms. The van der Waals surface area contributed by atoms with Crippen molar-refractivity contribution in [3.63, 3.8) is 0 Å². The summed E-state index contributed by atoms with van der Waals surface area (Å²) in [7, 11) is 0. The van der Waals surface area contributed by atoms with E-state index in [1.165, 1.54) is 0 Å². The highest BCUT2D eigenvalue weighted by atomic mass is 16.6. The summed E-state index contributed by atoms with van der Waals surface area (Å²) >= 11 is 0. The Kier molecular flexibility index (Phi) is 14.1. The van der Waals surface area contributed by atoms with Crippen LogP contribution >= 0.6 is 0 Å². The summed E-state index contributed by atoms with van der Waals surface area (Å²) in [6.07, 6.45) is 1.70. The minimum atomic E-state index is -0.569. The number of amides is 3. The van der Waals surface area contributed by atoms with E-state index in [1.54, 1.807) is 6.92 Å². The number of benzene rings is 2. The molecule has 0 aliphatic rings. The van der Waals surface area contributed by atoms with E-state index in [9.17, 15) is 19.2 Å². The Bertz CT molecular complexity index is 1270. The fourth-order valence-electron chi connectivity index (χ4n) is 4.09. The second-order valence-electron chi connectivity index (χ2n) is 13.0. The van der Waals surface area contributed by atoms with Crippen molar-refractivity contribution >= 4 is 24.1 Å². The summed E-state index contributed by atoms with van der Waals surface area (Å²) in [4.78, 5) is 48.8. The van der Waals surface area contributed by atoms with Crippen molar-refractivity contribution in [2.24, 2.45) is 0 Å². The maximum atomic E-state index is 13.2. The van der Waals surface area contributed by atoms with Gasteiger partial charge in [-0.05, 0) is 109 Å². The molecular formula is C35H49N3O7. The molecule has 0 atom stereocenters. The second-order valence-corrected chi connectivity index (χ2v) is 13.0. The lowest BCUT2D eigenvalue weighted by Gasteiger charge is -2.19. The van der Waals surface area contributed by atoms with E-state index in [0.29, 0.717) is 56.5 Å². The van der Waals surface area contributed by atoms with Gasteiger partial charge in [0.15, 0.2) is 0 Å². The fraction of sp³-hybridized carbons (Fsp3) is 0.486. The molecule has 0 saturated heterocycles. The molecule has 2 aromatic rings. The minimum Gasteiger partial charge on any atom is -0.457 e. The highest BCUT2D eigenvalue weighted by Crippen LogP contribution is 2.16. The lowest BCUT2D eigenvalue weighted by atomic mass is 9.99. The second kappa shape index (κ2) is 17.2. The Labute approximate surface area is 267 Å². The Morgan fingerprint density at radius 2 is 1.16 bits per heavy atom. The zero-order valence-electron chi connectivity index (χ0n) is 27.8. The van der Waals surface area contributed by atoms with Crippen molar-refractivity contribution in [3.05, 3.63) is 82.4 Å². The van der Waals surface area contributed by atoms with Gasteiger partial charge in [-0.15, -0.1) is 0 Å². The molecule has 0 fully saturated rings. The van der Waals surface area contributed by atoms with Gasteiger partial charge in [-0.1, -0.05) is 36.9 Å². The zero-order chi connectivity index (χ0) is 33.6. The molecule has 10 nitrogen and oxygen atoms in total. The van der Waals surface area contributed by atoms with E-state index in [1.807, 2.05) is 77.9 Å². The van der Waals surface area contributed by atoms with Crippen molar-refractivity contribution in [2.75, 3.05) is 13.1 Å². The average molecular weight is 624 g/mol. The van der Waals surface area contributed by atoms with Crippen LogP contribution in [0.5, 0.6) is 0 Å². The van der Waals surface area contributed by atoms with Gasteiger partial charge in [0.2, 0.25) is 0 Å². The predicted molar refractivity (Wildman–Crippen MR) is 174 cm³/mol. The lowest BCUT2D eigenvalue weighted by molar-refractivity contribution is -0.140. The third-order valence-corrected chi connectivity index (χ3v) is 6.13. The number of carbonyl (C=O) groups excluding carboxylic acids is 4. The lowest BCUT2D eigenvalue weighted by Crippen LogP contribution is -2.33. The molecule has 3 N–H and O–H groups in total. The molecule has 0 aliphatic carbocycles. The van der Waals surface area contributed by atoms with Crippen molar-refractivity contribution < 1.29 is 33.4 Å². The van der Waals surface area contributed by atoms with Crippen molar-refractivity contribution in [1.82, 2.24) is 16.0 Å². The van der Waals surface area contributed by atoms with Gasteiger partial charge in [-0.3, -0.25) is 4.79 Å². The van der Waals surface area contributed by atoms with E-state index in [0.717, 1.165) is 22.3 Å². The number of alkyl carbamates (subject to hydrolysis) is 2. The third kappa shape index (κ3) is 15.8. The molecule has 2 rings (SSSR count). The molecule has 0 spiro atoms. The molecule has 2 aromatic carbocycles. The summed E-state index contributed by atoms with van der Waals surface area (Å²) < 4.78 is 15.8. The Morgan fingerprint density at radius 3 is 1.60 bits per heavy atom. The molecule has 246 valence electrons. The first-order valence-corrected chi connectivity index (χ1v) is 15.3. The largest absolute Gasteiger partial charge is 0.457 e. The predicted octanol–water partition coefficient (Wildman–Crippen LogP) is 6.15. The van der Waals surface area contributed by atoms with E-state index < -0.39 is 29.4 Å². The number of carbonyl (C=O) groups is 4. The first kappa shape index (κ1) is 36.8. The van der Waals surface area contributed by atoms with E-state index >= 15 is 0 Å². The number of hydrogen-bond acceptors (Lipinski definition) is 7. The van der Waals surface area contributed by atoms with Gasteiger partial charge in [-0.2, -0.15) is 0 Å². The van der Waals surface area contributed by atoms with Gasteiger partial charge in [-0.25, -0.2) is 14.4 Å². The Morgan fingerprint density at radius 1 is 0.689 bits per heavy atom. The normalized spacial score (nSPS) is 11.3. The molecule has 0 aliphatic heterocycles. The number of ether oxygens (including phenoxy) is 3. The van der Waals surface area contributed by atoms with Crippen LogP contribution in [0.4, 0.5) is 9.59 Å². The minimum absolute atomic E-state index is 0.147. The van der Waals surface area contributed by atoms with Crippen molar-refractivity contribution in [1.29, 1.82) is 0 Å². The van der Waals surface area contributed by atoms with Crippen LogP contribution in [0.25, 0.3) is 0 Å². The van der Waals surface area contributed by atoms with Crippen molar-refractivity contribution in [3.8, 4) is 0 Å². The van der Waals surface area contributed by atoms with Crippen LogP contribution in [0.2, 0.25) is 0 Å². The number of rotatable bonds is 14. The van der Waals surface area contributed by atoms with Gasteiger partial charge in [0.1, 0.15) is 17.8 Å². The fourth-order valence-corrected chi connectivity index (χ4v) is 4.09. The van der Waals surface area contributed by atoms with E-state index in [2.05, 4.69) is 28.6 Å². The summed E-state index contributed by atoms with van der Waals surface area (Å²) in [5.74, 6) is -0.650. The van der Waals surface area contributed by atoms with Crippen molar-refractivity contribution in [2.45, 2.75) is 98.5 Å². The molecule has 3 amide bonds. The van der Waals surface area contributed by atoms with Crippen LogP contribution in [-0.4, -0.2) is 48.4 Å². The Balaban J connectivity index is 2.02. The topological polar surface area (TPSA) is 132 Å². The molecule has 0 bridgehead atoms. The summed E-state index contributed by atoms with van der Waals surface area (Å²) in [6.45, 7) is 17.4. The SMILES string of the molecule is C=C(C)C(=O)OCc1ccc(CNC(=O)c2cc(CCCNC(=O)OC(C)(C)C)cc(CCCNC(=O)OC(C)(C)C)c2)cc1. The van der Waals surface area contributed by atoms with Crippen LogP contribution in [0.3, 0.4) is 0 Å². The first-order valence-electron chi connectivity index (χ1n) is 15.3. The molecule has 0 heterocycles. The monoisotopic (exact) mass is 623 g/mol. The summed E-state index contributed by atoms with van der Waals surface area (Å²) in [5, 5.41) is 8.52. The van der Waals surface area contributed by atoms with Crippen LogP contribution in [0, 0.1) is 0 Å². The maximum Gasteiger partial charge on any atom is 0.407 e. The van der Waals surface area contributed by atoms with Gasteiger partial charge >= 0.3 is 18.2 Å². The number of esters is 1. The maximum absolute atomic E-state index is 13.2. The van der Waals surface area contributed by atoms with Gasteiger partial charge in [0, 0.05) is 30.8 Å². The number of hydrogen-bond donors (Lipinski definition) is 3. The Hall–Kier alpha value is -4.34. The third-order valence-electron chi connectivity index (χ3n) is 6.13. The van der Waals surface area contributed by atoms with Crippen LogP contribution in [0.15, 0.2) is 54.6 Å². The average Bonchev–Trinajstić information content (AvgIpc) is 2.93.